The van der Waals surface area contributed by atoms with Crippen molar-refractivity contribution in [1.29, 1.82) is 0 Å². The van der Waals surface area contributed by atoms with Crippen molar-refractivity contribution in [1.82, 2.24) is 14.5 Å². The van der Waals surface area contributed by atoms with Gasteiger partial charge in [0.05, 0.1) is 17.6 Å². The number of hydrogen-bond acceptors (Lipinski definition) is 5. The summed E-state index contributed by atoms with van der Waals surface area (Å²) < 4.78 is 16.2. The highest BCUT2D eigenvalue weighted by molar-refractivity contribution is 7.19. The Morgan fingerprint density at radius 1 is 1.17 bits per heavy atom. The second-order valence-corrected chi connectivity index (χ2v) is 8.72. The van der Waals surface area contributed by atoms with E-state index in [9.17, 15) is 14.0 Å². The molecule has 6 nitrogen and oxygen atoms in total. The molecule has 0 atom stereocenters. The number of nitrogens with zero attached hydrogens (tertiary/aromatic N) is 4. The predicted molar refractivity (Wildman–Crippen MR) is 114 cm³/mol. The fourth-order valence-electron chi connectivity index (χ4n) is 3.73. The topological polar surface area (TPSA) is 58.4 Å². The maximum Gasteiger partial charge on any atom is 0.271 e. The van der Waals surface area contributed by atoms with Crippen LogP contribution in [0.3, 0.4) is 0 Å². The van der Waals surface area contributed by atoms with Crippen LogP contribution >= 0.6 is 11.3 Å². The average Bonchev–Trinajstić information content (AvgIpc) is 3.05. The molecule has 2 aromatic heterocycles. The van der Waals surface area contributed by atoms with Gasteiger partial charge in [0.15, 0.2) is 0 Å². The molecule has 0 aliphatic carbocycles. The summed E-state index contributed by atoms with van der Waals surface area (Å²) in [5.74, 6) is -0.367. The normalized spacial score (nSPS) is 14.8. The first-order valence-corrected chi connectivity index (χ1v) is 10.5. The van der Waals surface area contributed by atoms with E-state index >= 15 is 0 Å². The van der Waals surface area contributed by atoms with Gasteiger partial charge < -0.3 is 9.80 Å². The number of aryl methyl sites for hydroxylation is 1. The van der Waals surface area contributed by atoms with Crippen LogP contribution in [0.15, 0.2) is 35.4 Å². The molecular weight excluding hydrogens is 391 g/mol. The van der Waals surface area contributed by atoms with E-state index in [0.29, 0.717) is 47.6 Å². The van der Waals surface area contributed by atoms with Crippen LogP contribution in [0.4, 0.5) is 10.1 Å². The summed E-state index contributed by atoms with van der Waals surface area (Å²) in [4.78, 5) is 34.9. The van der Waals surface area contributed by atoms with Gasteiger partial charge >= 0.3 is 0 Å². The molecule has 0 radical (unpaired) electrons. The van der Waals surface area contributed by atoms with Gasteiger partial charge in [-0.2, -0.15) is 0 Å². The van der Waals surface area contributed by atoms with E-state index in [1.807, 2.05) is 31.7 Å². The average molecular weight is 415 g/mol. The van der Waals surface area contributed by atoms with Gasteiger partial charge in [-0.1, -0.05) is 12.1 Å². The lowest BCUT2D eigenvalue weighted by Crippen LogP contribution is -2.49. The summed E-state index contributed by atoms with van der Waals surface area (Å²) in [7, 11) is 0. The molecule has 4 rings (SSSR count). The molecule has 8 heteroatoms. The molecule has 1 aliphatic rings. The molecule has 1 amide bonds. The number of rotatable bonds is 3. The number of piperazine rings is 1. The Morgan fingerprint density at radius 3 is 2.52 bits per heavy atom. The number of thiophene rings is 1. The lowest BCUT2D eigenvalue weighted by molar-refractivity contribution is 0.0748. The third kappa shape index (κ3) is 3.42. The summed E-state index contributed by atoms with van der Waals surface area (Å²) in [5.41, 5.74) is 1.45. The number of hydrogen-bond donors (Lipinski definition) is 0. The SMILES string of the molecule is Cc1sc2c(=O)n(C(C)C)cnc2c1C(=O)N1CCN(c2ccccc2F)CC1. The molecule has 0 spiro atoms. The van der Waals surface area contributed by atoms with Crippen LogP contribution in [-0.4, -0.2) is 46.5 Å². The van der Waals surface area contributed by atoms with E-state index in [1.165, 1.54) is 23.7 Å². The zero-order chi connectivity index (χ0) is 20.7. The van der Waals surface area contributed by atoms with Crippen LogP contribution in [0.25, 0.3) is 10.2 Å². The molecule has 0 bridgehead atoms. The Hall–Kier alpha value is -2.74. The summed E-state index contributed by atoms with van der Waals surface area (Å²) in [6.07, 6.45) is 1.52. The number of halogens is 1. The molecule has 0 saturated carbocycles. The molecule has 1 aliphatic heterocycles. The van der Waals surface area contributed by atoms with Gasteiger partial charge in [0.1, 0.15) is 16.0 Å². The minimum atomic E-state index is -0.252. The number of aromatic nitrogens is 2. The molecule has 3 heterocycles. The molecule has 1 fully saturated rings. The van der Waals surface area contributed by atoms with E-state index < -0.39 is 0 Å². The molecule has 1 aromatic carbocycles. The quantitative estimate of drug-likeness (QED) is 0.659. The smallest absolute Gasteiger partial charge is 0.271 e. The highest BCUT2D eigenvalue weighted by Gasteiger charge is 2.28. The Morgan fingerprint density at radius 2 is 1.86 bits per heavy atom. The Kier molecular flexibility index (Phi) is 5.12. The summed E-state index contributed by atoms with van der Waals surface area (Å²) in [5, 5.41) is 0. The standard InChI is InChI=1S/C21H23FN4O2S/c1-13(2)26-12-23-18-17(14(3)29-19(18)21(26)28)20(27)25-10-8-24(9-11-25)16-7-5-4-6-15(16)22/h4-7,12-13H,8-11H2,1-3H3. The number of anilines is 1. The second kappa shape index (κ2) is 7.59. The van der Waals surface area contributed by atoms with E-state index in [0.717, 1.165) is 4.88 Å². The second-order valence-electron chi connectivity index (χ2n) is 7.49. The fraction of sp³-hybridized carbons (Fsp3) is 0.381. The maximum atomic E-state index is 14.0. The first kappa shape index (κ1) is 19.6. The van der Waals surface area contributed by atoms with Crippen molar-refractivity contribution in [2.45, 2.75) is 26.8 Å². The number of amides is 1. The largest absolute Gasteiger partial charge is 0.366 e. The van der Waals surface area contributed by atoms with Crippen LogP contribution in [0, 0.1) is 12.7 Å². The number of fused-ring (bicyclic) bond motifs is 1. The monoisotopic (exact) mass is 414 g/mol. The van der Waals surface area contributed by atoms with Crippen molar-refractivity contribution in [3.8, 4) is 0 Å². The summed E-state index contributed by atoms with van der Waals surface area (Å²) >= 11 is 1.33. The minimum Gasteiger partial charge on any atom is -0.366 e. The van der Waals surface area contributed by atoms with Crippen LogP contribution in [-0.2, 0) is 0 Å². The molecule has 0 unspecified atom stereocenters. The predicted octanol–water partition coefficient (Wildman–Crippen LogP) is 3.45. The van der Waals surface area contributed by atoms with Crippen LogP contribution in [0.1, 0.15) is 35.1 Å². The van der Waals surface area contributed by atoms with Crippen molar-refractivity contribution in [3.05, 3.63) is 57.2 Å². The maximum absolute atomic E-state index is 14.0. The van der Waals surface area contributed by atoms with E-state index in [-0.39, 0.29) is 23.3 Å². The van der Waals surface area contributed by atoms with Gasteiger partial charge in [-0.3, -0.25) is 14.2 Å². The number of benzene rings is 1. The minimum absolute atomic E-state index is 0.00687. The third-order valence-corrected chi connectivity index (χ3v) is 6.41. The van der Waals surface area contributed by atoms with Gasteiger partial charge in [0, 0.05) is 37.1 Å². The van der Waals surface area contributed by atoms with Gasteiger partial charge in [-0.25, -0.2) is 9.37 Å². The highest BCUT2D eigenvalue weighted by Crippen LogP contribution is 2.29. The molecular formula is C21H23FN4O2S. The molecule has 1 saturated heterocycles. The third-order valence-electron chi connectivity index (χ3n) is 5.33. The number of carbonyl (C=O) groups excluding carboxylic acids is 1. The van der Waals surface area contributed by atoms with Gasteiger partial charge in [0.25, 0.3) is 11.5 Å². The molecule has 0 N–H and O–H groups in total. The van der Waals surface area contributed by atoms with Gasteiger partial charge in [-0.15, -0.1) is 11.3 Å². The molecule has 3 aromatic rings. The van der Waals surface area contributed by atoms with Crippen molar-refractivity contribution in [2.24, 2.45) is 0 Å². The van der Waals surface area contributed by atoms with Crippen molar-refractivity contribution in [3.63, 3.8) is 0 Å². The summed E-state index contributed by atoms with van der Waals surface area (Å²) in [6, 6.07) is 6.69. The lowest BCUT2D eigenvalue weighted by Gasteiger charge is -2.36. The zero-order valence-electron chi connectivity index (χ0n) is 16.7. The summed E-state index contributed by atoms with van der Waals surface area (Å²) in [6.45, 7) is 7.81. The molecule has 29 heavy (non-hydrogen) atoms. The van der Waals surface area contributed by atoms with Crippen LogP contribution in [0.2, 0.25) is 0 Å². The van der Waals surface area contributed by atoms with Gasteiger partial charge in [-0.05, 0) is 32.9 Å². The van der Waals surface area contributed by atoms with E-state index in [1.54, 1.807) is 21.6 Å². The lowest BCUT2D eigenvalue weighted by atomic mass is 10.1. The van der Waals surface area contributed by atoms with Gasteiger partial charge in [0.2, 0.25) is 0 Å². The Bertz CT molecular complexity index is 1130. The first-order chi connectivity index (χ1) is 13.9. The van der Waals surface area contributed by atoms with Crippen molar-refractivity contribution >= 4 is 33.1 Å². The van der Waals surface area contributed by atoms with E-state index in [4.69, 9.17) is 0 Å². The first-order valence-electron chi connectivity index (χ1n) is 9.67. The fourth-order valence-corrected chi connectivity index (χ4v) is 4.76. The Balaban J connectivity index is 1.59. The zero-order valence-corrected chi connectivity index (χ0v) is 17.5. The van der Waals surface area contributed by atoms with E-state index in [2.05, 4.69) is 4.98 Å². The molecule has 152 valence electrons. The number of carbonyl (C=O) groups is 1. The highest BCUT2D eigenvalue weighted by atomic mass is 32.1. The van der Waals surface area contributed by atoms with Crippen molar-refractivity contribution < 1.29 is 9.18 Å². The van der Waals surface area contributed by atoms with Crippen molar-refractivity contribution in [2.75, 3.05) is 31.1 Å². The number of para-hydroxylation sites is 1. The Labute approximate surface area is 172 Å². The van der Waals surface area contributed by atoms with Crippen LogP contribution < -0.4 is 10.5 Å². The van der Waals surface area contributed by atoms with Crippen LogP contribution in [0.5, 0.6) is 0 Å².